The molecule has 2 unspecified atom stereocenters. The highest BCUT2D eigenvalue weighted by Gasteiger charge is 2.37. The minimum atomic E-state index is -0.263. The Balaban J connectivity index is 1.85. The summed E-state index contributed by atoms with van der Waals surface area (Å²) >= 11 is 0. The highest BCUT2D eigenvalue weighted by Crippen LogP contribution is 2.35. The second-order valence-corrected chi connectivity index (χ2v) is 6.89. The van der Waals surface area contributed by atoms with Gasteiger partial charge < -0.3 is 11.1 Å². The van der Waals surface area contributed by atoms with Gasteiger partial charge in [-0.3, -0.25) is 4.79 Å². The van der Waals surface area contributed by atoms with E-state index < -0.39 is 0 Å². The third-order valence-electron chi connectivity index (χ3n) is 5.29. The first-order valence-corrected chi connectivity index (χ1v) is 8.15. The van der Waals surface area contributed by atoms with E-state index in [2.05, 4.69) is 12.2 Å². The molecule has 0 heterocycles. The minimum absolute atomic E-state index is 0.233. The maximum absolute atomic E-state index is 12.6. The van der Waals surface area contributed by atoms with Crippen LogP contribution in [0.5, 0.6) is 0 Å². The predicted molar refractivity (Wildman–Crippen MR) is 78.7 cm³/mol. The quantitative estimate of drug-likeness (QED) is 0.769. The van der Waals surface area contributed by atoms with E-state index in [1.54, 1.807) is 0 Å². The van der Waals surface area contributed by atoms with Crippen molar-refractivity contribution in [1.82, 2.24) is 5.32 Å². The van der Waals surface area contributed by atoms with E-state index in [1.165, 1.54) is 32.1 Å². The molecule has 3 N–H and O–H groups in total. The van der Waals surface area contributed by atoms with E-state index in [1.807, 2.05) is 0 Å². The lowest BCUT2D eigenvalue weighted by Gasteiger charge is -2.30. The molecule has 0 saturated heterocycles. The molecule has 2 fully saturated rings. The molecule has 19 heavy (non-hydrogen) atoms. The van der Waals surface area contributed by atoms with E-state index in [0.29, 0.717) is 12.5 Å². The van der Waals surface area contributed by atoms with E-state index in [-0.39, 0.29) is 11.3 Å². The van der Waals surface area contributed by atoms with Crippen molar-refractivity contribution in [2.24, 2.45) is 23.0 Å². The Labute approximate surface area is 117 Å². The van der Waals surface area contributed by atoms with Gasteiger partial charge in [0.15, 0.2) is 0 Å². The van der Waals surface area contributed by atoms with E-state index >= 15 is 0 Å². The van der Waals surface area contributed by atoms with Crippen LogP contribution in [0.3, 0.4) is 0 Å². The van der Waals surface area contributed by atoms with Gasteiger partial charge in [0.05, 0.1) is 5.41 Å². The zero-order valence-corrected chi connectivity index (χ0v) is 12.4. The molecule has 0 spiro atoms. The number of carbonyl (C=O) groups excluding carboxylic acids is 1. The second kappa shape index (κ2) is 6.74. The Hall–Kier alpha value is -0.570. The van der Waals surface area contributed by atoms with Crippen molar-refractivity contribution >= 4 is 5.91 Å². The lowest BCUT2D eigenvalue weighted by atomic mass is 9.79. The van der Waals surface area contributed by atoms with Crippen LogP contribution >= 0.6 is 0 Å². The molecule has 0 bridgehead atoms. The van der Waals surface area contributed by atoms with Gasteiger partial charge >= 0.3 is 0 Å². The maximum atomic E-state index is 12.6. The van der Waals surface area contributed by atoms with Crippen LogP contribution in [0, 0.1) is 17.3 Å². The molecule has 2 aliphatic carbocycles. The molecule has 3 heteroatoms. The largest absolute Gasteiger partial charge is 0.355 e. The van der Waals surface area contributed by atoms with Gasteiger partial charge in [-0.05, 0) is 37.5 Å². The van der Waals surface area contributed by atoms with E-state index in [4.69, 9.17) is 5.73 Å². The molecule has 2 rings (SSSR count). The molecule has 0 aromatic carbocycles. The highest BCUT2D eigenvalue weighted by atomic mass is 16.2. The monoisotopic (exact) mass is 266 g/mol. The van der Waals surface area contributed by atoms with Gasteiger partial charge in [-0.25, -0.2) is 0 Å². The summed E-state index contributed by atoms with van der Waals surface area (Å²) in [5.41, 5.74) is 5.69. The summed E-state index contributed by atoms with van der Waals surface area (Å²) in [6, 6.07) is 0. The van der Waals surface area contributed by atoms with Crippen molar-refractivity contribution in [3.8, 4) is 0 Å². The number of amides is 1. The summed E-state index contributed by atoms with van der Waals surface area (Å²) in [5.74, 6) is 1.76. The topological polar surface area (TPSA) is 55.1 Å². The SMILES string of the molecule is CC1CCC(CNC(=O)C2(CN)CCCCCC2)C1. The van der Waals surface area contributed by atoms with Crippen LogP contribution in [0.25, 0.3) is 0 Å². The molecule has 0 aromatic heterocycles. The molecule has 0 radical (unpaired) electrons. The summed E-state index contributed by atoms with van der Waals surface area (Å²) in [6.07, 6.45) is 10.7. The fourth-order valence-corrected chi connectivity index (χ4v) is 3.86. The minimum Gasteiger partial charge on any atom is -0.355 e. The first-order chi connectivity index (χ1) is 9.16. The second-order valence-electron chi connectivity index (χ2n) is 6.89. The zero-order chi connectivity index (χ0) is 13.7. The Morgan fingerprint density at radius 2 is 1.89 bits per heavy atom. The number of hydrogen-bond acceptors (Lipinski definition) is 2. The van der Waals surface area contributed by atoms with Crippen LogP contribution in [-0.4, -0.2) is 19.0 Å². The van der Waals surface area contributed by atoms with Crippen LogP contribution in [0.1, 0.15) is 64.7 Å². The van der Waals surface area contributed by atoms with Crippen LogP contribution < -0.4 is 11.1 Å². The summed E-state index contributed by atoms with van der Waals surface area (Å²) in [5, 5.41) is 3.22. The first-order valence-electron chi connectivity index (χ1n) is 8.15. The van der Waals surface area contributed by atoms with Crippen molar-refractivity contribution in [1.29, 1.82) is 0 Å². The standard InChI is InChI=1S/C16H30N2O/c1-13-6-7-14(10-13)11-18-15(19)16(12-17)8-4-2-3-5-9-16/h13-14H,2-12,17H2,1H3,(H,18,19). The number of nitrogens with two attached hydrogens (primary N) is 1. The zero-order valence-electron chi connectivity index (χ0n) is 12.4. The Kier molecular flexibility index (Phi) is 5.26. The molecule has 110 valence electrons. The summed E-state index contributed by atoms with van der Waals surface area (Å²) in [7, 11) is 0. The van der Waals surface area contributed by atoms with Crippen molar-refractivity contribution in [3.05, 3.63) is 0 Å². The molecule has 1 amide bonds. The third-order valence-corrected chi connectivity index (χ3v) is 5.29. The lowest BCUT2D eigenvalue weighted by Crippen LogP contribution is -2.46. The molecule has 3 nitrogen and oxygen atoms in total. The normalized spacial score (nSPS) is 30.8. The van der Waals surface area contributed by atoms with Gasteiger partial charge in [-0.1, -0.05) is 39.0 Å². The maximum Gasteiger partial charge on any atom is 0.227 e. The summed E-state index contributed by atoms with van der Waals surface area (Å²) in [6.45, 7) is 3.69. The van der Waals surface area contributed by atoms with Crippen LogP contribution in [0.4, 0.5) is 0 Å². The molecule has 0 aromatic rings. The highest BCUT2D eigenvalue weighted by molar-refractivity contribution is 5.82. The van der Waals surface area contributed by atoms with Gasteiger partial charge in [-0.2, -0.15) is 0 Å². The average molecular weight is 266 g/mol. The van der Waals surface area contributed by atoms with Crippen LogP contribution in [0.2, 0.25) is 0 Å². The van der Waals surface area contributed by atoms with E-state index in [9.17, 15) is 4.79 Å². The van der Waals surface area contributed by atoms with E-state index in [0.717, 1.165) is 38.1 Å². The van der Waals surface area contributed by atoms with Crippen molar-refractivity contribution in [2.45, 2.75) is 64.7 Å². The fourth-order valence-electron chi connectivity index (χ4n) is 3.86. The summed E-state index contributed by atoms with van der Waals surface area (Å²) in [4.78, 5) is 12.6. The average Bonchev–Trinajstić information content (AvgIpc) is 2.69. The molecule has 0 aliphatic heterocycles. The van der Waals surface area contributed by atoms with Crippen molar-refractivity contribution in [3.63, 3.8) is 0 Å². The summed E-state index contributed by atoms with van der Waals surface area (Å²) < 4.78 is 0. The number of carbonyl (C=O) groups is 1. The van der Waals surface area contributed by atoms with Gasteiger partial charge in [0.2, 0.25) is 5.91 Å². The number of hydrogen-bond donors (Lipinski definition) is 2. The molecule has 2 atom stereocenters. The molecular weight excluding hydrogens is 236 g/mol. The lowest BCUT2D eigenvalue weighted by molar-refractivity contribution is -0.131. The molecule has 2 aliphatic rings. The smallest absolute Gasteiger partial charge is 0.227 e. The van der Waals surface area contributed by atoms with Gasteiger partial charge in [0, 0.05) is 13.1 Å². The predicted octanol–water partition coefficient (Wildman–Crippen LogP) is 2.84. The Bertz CT molecular complexity index is 295. The Morgan fingerprint density at radius 3 is 2.42 bits per heavy atom. The van der Waals surface area contributed by atoms with Crippen LogP contribution in [-0.2, 0) is 4.79 Å². The van der Waals surface area contributed by atoms with Crippen molar-refractivity contribution < 1.29 is 4.79 Å². The van der Waals surface area contributed by atoms with Crippen molar-refractivity contribution in [2.75, 3.05) is 13.1 Å². The van der Waals surface area contributed by atoms with Gasteiger partial charge in [0.1, 0.15) is 0 Å². The molecular formula is C16H30N2O. The number of rotatable bonds is 4. The molecule has 2 saturated carbocycles. The van der Waals surface area contributed by atoms with Gasteiger partial charge in [0.25, 0.3) is 0 Å². The van der Waals surface area contributed by atoms with Gasteiger partial charge in [-0.15, -0.1) is 0 Å². The third kappa shape index (κ3) is 3.71. The first kappa shape index (κ1) is 14.8. The Morgan fingerprint density at radius 1 is 1.21 bits per heavy atom. The number of nitrogens with one attached hydrogen (secondary N) is 1. The fraction of sp³-hybridized carbons (Fsp3) is 0.938. The van der Waals surface area contributed by atoms with Crippen LogP contribution in [0.15, 0.2) is 0 Å².